The maximum absolute atomic E-state index is 12.5. The lowest BCUT2D eigenvalue weighted by Gasteiger charge is -2.16. The standard InChI is InChI=1S/C15H15Br2ClN2O3S2/c1-20-5-4-10(8-20)23-13-6-9(2-3-12(13)18)19-25(21,22)14-7-11(16)15(17)24-14/h2-3,6-7,10,19H,4-5,8H2,1H3/t10-/m1/s1. The number of halogens is 3. The van der Waals surface area contributed by atoms with E-state index in [0.29, 0.717) is 20.9 Å². The molecule has 1 aromatic carbocycles. The molecule has 1 aromatic heterocycles. The first-order valence-corrected chi connectivity index (χ1v) is 11.6. The number of ether oxygens (including phenoxy) is 1. The molecule has 0 aliphatic carbocycles. The number of nitrogens with one attached hydrogen (secondary N) is 1. The Kier molecular flexibility index (Phi) is 6.02. The zero-order valence-electron chi connectivity index (χ0n) is 13.1. The van der Waals surface area contributed by atoms with Gasteiger partial charge < -0.3 is 9.64 Å². The molecular weight excluding hydrogens is 516 g/mol. The van der Waals surface area contributed by atoms with Gasteiger partial charge in [-0.25, -0.2) is 8.42 Å². The van der Waals surface area contributed by atoms with Crippen molar-refractivity contribution in [3.05, 3.63) is 37.5 Å². The number of hydrogen-bond donors (Lipinski definition) is 1. The van der Waals surface area contributed by atoms with Crippen LogP contribution in [0.25, 0.3) is 0 Å². The van der Waals surface area contributed by atoms with Gasteiger partial charge in [-0.15, -0.1) is 11.3 Å². The summed E-state index contributed by atoms with van der Waals surface area (Å²) in [4.78, 5) is 2.18. The molecule has 0 bridgehead atoms. The van der Waals surface area contributed by atoms with Crippen LogP contribution in [0.15, 0.2) is 36.7 Å². The molecule has 25 heavy (non-hydrogen) atoms. The number of rotatable bonds is 5. The number of benzene rings is 1. The molecule has 0 unspecified atom stereocenters. The lowest BCUT2D eigenvalue weighted by atomic mass is 10.3. The highest BCUT2D eigenvalue weighted by Crippen LogP contribution is 2.36. The van der Waals surface area contributed by atoms with Gasteiger partial charge in [0.15, 0.2) is 0 Å². The Hall–Kier alpha value is -0.320. The van der Waals surface area contributed by atoms with Crippen molar-refractivity contribution < 1.29 is 13.2 Å². The molecule has 136 valence electrons. The van der Waals surface area contributed by atoms with E-state index < -0.39 is 10.0 Å². The molecule has 1 aliphatic rings. The van der Waals surface area contributed by atoms with E-state index in [0.717, 1.165) is 34.6 Å². The van der Waals surface area contributed by atoms with Crippen LogP contribution in [0, 0.1) is 0 Å². The van der Waals surface area contributed by atoms with Crippen LogP contribution in [0.5, 0.6) is 5.75 Å². The van der Waals surface area contributed by atoms with Gasteiger partial charge >= 0.3 is 0 Å². The average molecular weight is 531 g/mol. The minimum absolute atomic E-state index is 0.0542. The second kappa shape index (κ2) is 7.74. The van der Waals surface area contributed by atoms with Crippen LogP contribution in [-0.2, 0) is 10.0 Å². The third-order valence-corrected chi connectivity index (χ3v) is 9.14. The SMILES string of the molecule is CN1CC[C@@H](Oc2cc(NS(=O)(=O)c3cc(Br)c(Br)s3)ccc2Cl)C1. The van der Waals surface area contributed by atoms with Gasteiger partial charge in [-0.2, -0.15) is 0 Å². The Morgan fingerprint density at radius 2 is 2.12 bits per heavy atom. The molecule has 0 saturated carbocycles. The Labute approximate surface area is 172 Å². The molecule has 10 heteroatoms. The van der Waals surface area contributed by atoms with Crippen molar-refractivity contribution in [3.8, 4) is 5.75 Å². The Morgan fingerprint density at radius 1 is 1.36 bits per heavy atom. The summed E-state index contributed by atoms with van der Waals surface area (Å²) < 4.78 is 35.2. The molecule has 3 rings (SSSR count). The lowest BCUT2D eigenvalue weighted by molar-refractivity contribution is 0.208. The number of sulfonamides is 1. The second-order valence-electron chi connectivity index (χ2n) is 5.73. The fourth-order valence-corrected chi connectivity index (χ4v) is 6.52. The van der Waals surface area contributed by atoms with E-state index in [1.54, 1.807) is 24.3 Å². The average Bonchev–Trinajstić information content (AvgIpc) is 3.09. The first kappa shape index (κ1) is 19.4. The summed E-state index contributed by atoms with van der Waals surface area (Å²) in [7, 11) is -1.64. The minimum atomic E-state index is -3.68. The van der Waals surface area contributed by atoms with Crippen LogP contribution in [0.2, 0.25) is 5.02 Å². The van der Waals surface area contributed by atoms with Gasteiger partial charge in [-0.1, -0.05) is 11.6 Å². The van der Waals surface area contributed by atoms with E-state index in [4.69, 9.17) is 16.3 Å². The summed E-state index contributed by atoms with van der Waals surface area (Å²) >= 11 is 13.9. The molecule has 1 saturated heterocycles. The van der Waals surface area contributed by atoms with E-state index >= 15 is 0 Å². The van der Waals surface area contributed by atoms with Crippen LogP contribution >= 0.6 is 54.8 Å². The summed E-state index contributed by atoms with van der Waals surface area (Å²) in [6.07, 6.45) is 0.971. The number of nitrogens with zero attached hydrogens (tertiary/aromatic N) is 1. The number of anilines is 1. The van der Waals surface area contributed by atoms with Crippen molar-refractivity contribution in [2.24, 2.45) is 0 Å². The summed E-state index contributed by atoms with van der Waals surface area (Å²) in [5, 5.41) is 0.458. The fourth-order valence-electron chi connectivity index (χ4n) is 2.49. The quantitative estimate of drug-likeness (QED) is 0.603. The second-order valence-corrected chi connectivity index (χ2v) is 11.3. The summed E-state index contributed by atoms with van der Waals surface area (Å²) in [6, 6.07) is 6.42. The van der Waals surface area contributed by atoms with Gasteiger partial charge in [0.25, 0.3) is 10.0 Å². The van der Waals surface area contributed by atoms with Gasteiger partial charge in [-0.3, -0.25) is 4.72 Å². The van der Waals surface area contributed by atoms with Crippen molar-refractivity contribution in [1.29, 1.82) is 0 Å². The molecule has 1 atom stereocenters. The Morgan fingerprint density at radius 3 is 2.72 bits per heavy atom. The van der Waals surface area contributed by atoms with Gasteiger partial charge in [0.2, 0.25) is 0 Å². The fraction of sp³-hybridized carbons (Fsp3) is 0.333. The molecular formula is C15H15Br2ClN2O3S2. The minimum Gasteiger partial charge on any atom is -0.487 e. The van der Waals surface area contributed by atoms with Crippen LogP contribution in [0.1, 0.15) is 6.42 Å². The van der Waals surface area contributed by atoms with E-state index in [2.05, 4.69) is 41.5 Å². The van der Waals surface area contributed by atoms with Crippen molar-refractivity contribution in [1.82, 2.24) is 4.90 Å². The van der Waals surface area contributed by atoms with Gasteiger partial charge in [0.05, 0.1) is 14.5 Å². The third kappa shape index (κ3) is 4.70. The lowest BCUT2D eigenvalue weighted by Crippen LogP contribution is -2.21. The summed E-state index contributed by atoms with van der Waals surface area (Å²) in [6.45, 7) is 1.79. The highest BCUT2D eigenvalue weighted by atomic mass is 79.9. The number of likely N-dealkylation sites (N-methyl/N-ethyl adjacent to an activating group) is 1. The smallest absolute Gasteiger partial charge is 0.271 e. The first-order valence-electron chi connectivity index (χ1n) is 7.37. The van der Waals surface area contributed by atoms with E-state index in [-0.39, 0.29) is 10.3 Å². The van der Waals surface area contributed by atoms with Crippen molar-refractivity contribution in [3.63, 3.8) is 0 Å². The molecule has 0 radical (unpaired) electrons. The largest absolute Gasteiger partial charge is 0.487 e. The highest BCUT2D eigenvalue weighted by molar-refractivity contribution is 9.13. The highest BCUT2D eigenvalue weighted by Gasteiger charge is 2.23. The molecule has 1 fully saturated rings. The third-order valence-electron chi connectivity index (χ3n) is 3.71. The zero-order valence-corrected chi connectivity index (χ0v) is 18.7. The van der Waals surface area contributed by atoms with Crippen LogP contribution in [0.4, 0.5) is 5.69 Å². The van der Waals surface area contributed by atoms with Gasteiger partial charge in [0.1, 0.15) is 16.1 Å². The van der Waals surface area contributed by atoms with Crippen LogP contribution in [0.3, 0.4) is 0 Å². The zero-order chi connectivity index (χ0) is 18.2. The molecule has 2 aromatic rings. The molecule has 2 heterocycles. The van der Waals surface area contributed by atoms with Crippen LogP contribution < -0.4 is 9.46 Å². The Bertz CT molecular complexity index is 869. The normalized spacial score (nSPS) is 18.5. The molecule has 1 aliphatic heterocycles. The van der Waals surface area contributed by atoms with Crippen LogP contribution in [-0.4, -0.2) is 39.6 Å². The predicted octanol–water partition coefficient (Wildman–Crippen LogP) is 4.81. The topological polar surface area (TPSA) is 58.6 Å². The summed E-state index contributed by atoms with van der Waals surface area (Å²) in [5.41, 5.74) is 0.409. The molecule has 5 nitrogen and oxygen atoms in total. The molecule has 1 N–H and O–H groups in total. The van der Waals surface area contributed by atoms with E-state index in [9.17, 15) is 8.42 Å². The predicted molar refractivity (Wildman–Crippen MR) is 109 cm³/mol. The van der Waals surface area contributed by atoms with Crippen molar-refractivity contribution in [2.45, 2.75) is 16.7 Å². The first-order chi connectivity index (χ1) is 11.7. The number of thiophene rings is 1. The van der Waals surface area contributed by atoms with Crippen molar-refractivity contribution >= 4 is 70.5 Å². The monoisotopic (exact) mass is 528 g/mol. The number of likely N-dealkylation sites (tertiary alicyclic amines) is 1. The number of hydrogen-bond acceptors (Lipinski definition) is 5. The summed E-state index contributed by atoms with van der Waals surface area (Å²) in [5.74, 6) is 0.482. The van der Waals surface area contributed by atoms with E-state index in [1.165, 1.54) is 0 Å². The molecule has 0 spiro atoms. The molecule has 0 amide bonds. The van der Waals surface area contributed by atoms with Gasteiger partial charge in [0, 0.05) is 23.6 Å². The Balaban J connectivity index is 1.79. The van der Waals surface area contributed by atoms with E-state index in [1.807, 2.05) is 7.05 Å². The maximum Gasteiger partial charge on any atom is 0.271 e. The maximum atomic E-state index is 12.5. The van der Waals surface area contributed by atoms with Gasteiger partial charge in [-0.05, 0) is 63.5 Å². The van der Waals surface area contributed by atoms with Crippen molar-refractivity contribution in [2.75, 3.05) is 24.9 Å².